The number of nitrogens with two attached hydrogens (primary N) is 1. The Morgan fingerprint density at radius 3 is 2.75 bits per heavy atom. The SMILES string of the molecule is NC(=S)c1c(O)cccc1NCCC(=O)O. The lowest BCUT2D eigenvalue weighted by molar-refractivity contribution is -0.136. The first-order valence-corrected chi connectivity index (χ1v) is 5.00. The Morgan fingerprint density at radius 1 is 1.50 bits per heavy atom. The van der Waals surface area contributed by atoms with E-state index in [9.17, 15) is 9.90 Å². The Hall–Kier alpha value is -1.82. The average molecular weight is 240 g/mol. The number of phenolic OH excluding ortho intramolecular Hbond substituents is 1. The molecule has 0 saturated heterocycles. The van der Waals surface area contributed by atoms with Gasteiger partial charge < -0.3 is 21.3 Å². The van der Waals surface area contributed by atoms with Gasteiger partial charge in [0.1, 0.15) is 10.7 Å². The molecule has 0 aromatic heterocycles. The van der Waals surface area contributed by atoms with Gasteiger partial charge >= 0.3 is 5.97 Å². The minimum absolute atomic E-state index is 0.0205. The fourth-order valence-electron chi connectivity index (χ4n) is 1.25. The van der Waals surface area contributed by atoms with E-state index in [0.29, 0.717) is 11.3 Å². The van der Waals surface area contributed by atoms with Crippen LogP contribution in [0.3, 0.4) is 0 Å². The number of rotatable bonds is 5. The number of phenols is 1. The molecule has 5 nitrogen and oxygen atoms in total. The largest absolute Gasteiger partial charge is 0.507 e. The molecule has 1 aromatic rings. The van der Waals surface area contributed by atoms with Gasteiger partial charge in [-0.25, -0.2) is 0 Å². The topological polar surface area (TPSA) is 95.6 Å². The van der Waals surface area contributed by atoms with Gasteiger partial charge in [0, 0.05) is 12.2 Å². The Morgan fingerprint density at radius 2 is 2.19 bits per heavy atom. The Bertz CT molecular complexity index is 421. The van der Waals surface area contributed by atoms with E-state index >= 15 is 0 Å². The number of anilines is 1. The van der Waals surface area contributed by atoms with Gasteiger partial charge in [-0.15, -0.1) is 0 Å². The number of thiocarbonyl (C=S) groups is 1. The van der Waals surface area contributed by atoms with Crippen LogP contribution in [-0.2, 0) is 4.79 Å². The molecule has 1 aromatic carbocycles. The van der Waals surface area contributed by atoms with Crippen LogP contribution in [0.4, 0.5) is 5.69 Å². The van der Waals surface area contributed by atoms with Crippen molar-refractivity contribution in [3.63, 3.8) is 0 Å². The summed E-state index contributed by atoms with van der Waals surface area (Å²) in [5.41, 5.74) is 6.33. The molecule has 1 rings (SSSR count). The van der Waals surface area contributed by atoms with Crippen LogP contribution in [0.1, 0.15) is 12.0 Å². The summed E-state index contributed by atoms with van der Waals surface area (Å²) in [5.74, 6) is -0.919. The molecule has 6 heteroatoms. The quantitative estimate of drug-likeness (QED) is 0.571. The summed E-state index contributed by atoms with van der Waals surface area (Å²) in [5, 5.41) is 20.9. The number of aromatic hydroxyl groups is 1. The maximum absolute atomic E-state index is 10.3. The minimum atomic E-state index is -0.899. The van der Waals surface area contributed by atoms with Gasteiger partial charge in [0.25, 0.3) is 0 Å². The van der Waals surface area contributed by atoms with Crippen LogP contribution in [-0.4, -0.2) is 27.7 Å². The lowest BCUT2D eigenvalue weighted by Crippen LogP contribution is -2.15. The third-order valence-corrected chi connectivity index (χ3v) is 2.15. The standard InChI is InChI=1S/C10H12N2O3S/c11-10(16)9-6(2-1-3-7(9)13)12-5-4-8(14)15/h1-3,12-13H,4-5H2,(H2,11,16)(H,14,15). The number of carboxylic acids is 1. The summed E-state index contributed by atoms with van der Waals surface area (Å²) in [6, 6.07) is 4.77. The highest BCUT2D eigenvalue weighted by Crippen LogP contribution is 2.24. The van der Waals surface area contributed by atoms with Gasteiger partial charge in [0.05, 0.1) is 12.0 Å². The number of hydrogen-bond donors (Lipinski definition) is 4. The first kappa shape index (κ1) is 12.3. The van der Waals surface area contributed by atoms with Crippen molar-refractivity contribution < 1.29 is 15.0 Å². The molecule has 0 bridgehead atoms. The fourth-order valence-corrected chi connectivity index (χ4v) is 1.47. The number of hydrogen-bond acceptors (Lipinski definition) is 4. The predicted octanol–water partition coefficient (Wildman–Crippen LogP) is 0.913. The zero-order valence-electron chi connectivity index (χ0n) is 8.43. The molecule has 86 valence electrons. The van der Waals surface area contributed by atoms with E-state index in [4.69, 9.17) is 23.1 Å². The highest BCUT2D eigenvalue weighted by Gasteiger charge is 2.10. The lowest BCUT2D eigenvalue weighted by Gasteiger charge is -2.11. The smallest absolute Gasteiger partial charge is 0.305 e. The molecule has 0 aliphatic heterocycles. The Balaban J connectivity index is 2.83. The van der Waals surface area contributed by atoms with Crippen molar-refractivity contribution in [1.29, 1.82) is 0 Å². The number of aliphatic carboxylic acids is 1. The molecule has 0 radical (unpaired) electrons. The second-order valence-electron chi connectivity index (χ2n) is 3.13. The van der Waals surface area contributed by atoms with Gasteiger partial charge in [0.15, 0.2) is 0 Å². The minimum Gasteiger partial charge on any atom is -0.507 e. The summed E-state index contributed by atoms with van der Waals surface area (Å²) >= 11 is 4.80. The second-order valence-corrected chi connectivity index (χ2v) is 3.57. The molecule has 0 aliphatic carbocycles. The van der Waals surface area contributed by atoms with E-state index in [1.807, 2.05) is 0 Å². The molecule has 0 spiro atoms. The average Bonchev–Trinajstić information content (AvgIpc) is 2.16. The highest BCUT2D eigenvalue weighted by molar-refractivity contribution is 7.80. The van der Waals surface area contributed by atoms with Crippen LogP contribution in [0.15, 0.2) is 18.2 Å². The molecule has 0 atom stereocenters. The zero-order chi connectivity index (χ0) is 12.1. The number of carbonyl (C=O) groups is 1. The number of nitrogens with one attached hydrogen (secondary N) is 1. The first-order chi connectivity index (χ1) is 7.52. The van der Waals surface area contributed by atoms with Crippen LogP contribution in [0.5, 0.6) is 5.75 Å². The summed E-state index contributed by atoms with van der Waals surface area (Å²) in [6.45, 7) is 0.244. The first-order valence-electron chi connectivity index (χ1n) is 4.60. The van der Waals surface area contributed by atoms with Crippen LogP contribution in [0, 0.1) is 0 Å². The molecular formula is C10H12N2O3S. The summed E-state index contributed by atoms with van der Waals surface area (Å²) < 4.78 is 0. The van der Waals surface area contributed by atoms with Crippen molar-refractivity contribution in [2.45, 2.75) is 6.42 Å². The van der Waals surface area contributed by atoms with Crippen LogP contribution in [0.25, 0.3) is 0 Å². The van der Waals surface area contributed by atoms with Gasteiger partial charge in [-0.1, -0.05) is 18.3 Å². The van der Waals surface area contributed by atoms with Crippen LogP contribution >= 0.6 is 12.2 Å². The third-order valence-electron chi connectivity index (χ3n) is 1.94. The maximum Gasteiger partial charge on any atom is 0.305 e. The molecule has 0 aliphatic rings. The third kappa shape index (κ3) is 3.09. The fraction of sp³-hybridized carbons (Fsp3) is 0.200. The van der Waals surface area contributed by atoms with Gasteiger partial charge in [-0.2, -0.15) is 0 Å². The van der Waals surface area contributed by atoms with E-state index in [-0.39, 0.29) is 23.7 Å². The van der Waals surface area contributed by atoms with Crippen molar-refractivity contribution >= 4 is 28.9 Å². The Kier molecular flexibility index (Phi) is 4.07. The van der Waals surface area contributed by atoms with E-state index in [1.165, 1.54) is 6.07 Å². The van der Waals surface area contributed by atoms with Crippen molar-refractivity contribution in [3.05, 3.63) is 23.8 Å². The van der Waals surface area contributed by atoms with Crippen molar-refractivity contribution in [1.82, 2.24) is 0 Å². The zero-order valence-corrected chi connectivity index (χ0v) is 9.25. The van der Waals surface area contributed by atoms with Gasteiger partial charge in [0.2, 0.25) is 0 Å². The van der Waals surface area contributed by atoms with Gasteiger partial charge in [-0.05, 0) is 12.1 Å². The summed E-state index contributed by atoms with van der Waals surface area (Å²) in [4.78, 5) is 10.4. The molecule has 0 unspecified atom stereocenters. The molecule has 5 N–H and O–H groups in total. The molecule has 0 fully saturated rings. The summed E-state index contributed by atoms with van der Waals surface area (Å²) in [7, 11) is 0. The highest BCUT2D eigenvalue weighted by atomic mass is 32.1. The Labute approximate surface area is 97.9 Å². The van der Waals surface area contributed by atoms with Crippen LogP contribution < -0.4 is 11.1 Å². The number of benzene rings is 1. The van der Waals surface area contributed by atoms with Crippen molar-refractivity contribution in [3.8, 4) is 5.75 Å². The molecule has 0 heterocycles. The molecular weight excluding hydrogens is 228 g/mol. The van der Waals surface area contributed by atoms with Crippen LogP contribution in [0.2, 0.25) is 0 Å². The predicted molar refractivity (Wildman–Crippen MR) is 64.7 cm³/mol. The van der Waals surface area contributed by atoms with Gasteiger partial charge in [-0.3, -0.25) is 4.79 Å². The molecule has 16 heavy (non-hydrogen) atoms. The molecule has 0 saturated carbocycles. The van der Waals surface area contributed by atoms with E-state index in [1.54, 1.807) is 12.1 Å². The van der Waals surface area contributed by atoms with E-state index in [2.05, 4.69) is 5.32 Å². The van der Waals surface area contributed by atoms with E-state index in [0.717, 1.165) is 0 Å². The monoisotopic (exact) mass is 240 g/mol. The van der Waals surface area contributed by atoms with E-state index < -0.39 is 5.97 Å². The van der Waals surface area contributed by atoms with Crippen molar-refractivity contribution in [2.75, 3.05) is 11.9 Å². The summed E-state index contributed by atoms with van der Waals surface area (Å²) in [6.07, 6.45) is -0.0214. The lowest BCUT2D eigenvalue weighted by atomic mass is 10.1. The van der Waals surface area contributed by atoms with Crippen molar-refractivity contribution in [2.24, 2.45) is 5.73 Å². The number of carboxylic acid groups (broad SMARTS) is 1. The second kappa shape index (κ2) is 5.32. The maximum atomic E-state index is 10.3. The molecule has 0 amide bonds. The normalized spacial score (nSPS) is 9.75.